The SMILES string of the molecule is CC(NS(=O)(=O)Cc1ccccc1)C(=O)NC(C)C1OC1NCc1ccc(C(=N)N)cc1. The Morgan fingerprint density at radius 1 is 1.09 bits per heavy atom. The minimum atomic E-state index is -3.65. The smallest absolute Gasteiger partial charge is 0.238 e. The largest absolute Gasteiger partial charge is 0.384 e. The summed E-state index contributed by atoms with van der Waals surface area (Å²) in [5.41, 5.74) is 7.78. The molecule has 1 amide bonds. The van der Waals surface area contributed by atoms with Gasteiger partial charge < -0.3 is 15.8 Å². The molecule has 4 unspecified atom stereocenters. The zero-order valence-electron chi connectivity index (χ0n) is 18.0. The lowest BCUT2D eigenvalue weighted by Crippen LogP contribution is -2.49. The fourth-order valence-corrected chi connectivity index (χ4v) is 4.64. The summed E-state index contributed by atoms with van der Waals surface area (Å²) < 4.78 is 32.7. The van der Waals surface area contributed by atoms with Gasteiger partial charge in [0.15, 0.2) is 0 Å². The second-order valence-electron chi connectivity index (χ2n) is 7.89. The Balaban J connectivity index is 1.42. The molecular weight excluding hydrogens is 430 g/mol. The van der Waals surface area contributed by atoms with E-state index >= 15 is 0 Å². The highest BCUT2D eigenvalue weighted by atomic mass is 32.2. The zero-order chi connectivity index (χ0) is 23.3. The first-order chi connectivity index (χ1) is 15.1. The highest BCUT2D eigenvalue weighted by Crippen LogP contribution is 2.23. The van der Waals surface area contributed by atoms with Gasteiger partial charge in [0, 0.05) is 12.1 Å². The van der Waals surface area contributed by atoms with Gasteiger partial charge in [0.25, 0.3) is 0 Å². The molecule has 172 valence electrons. The average molecular weight is 460 g/mol. The van der Waals surface area contributed by atoms with E-state index in [1.54, 1.807) is 36.4 Å². The first kappa shape index (κ1) is 23.9. The Morgan fingerprint density at radius 3 is 2.38 bits per heavy atom. The summed E-state index contributed by atoms with van der Waals surface area (Å²) >= 11 is 0. The van der Waals surface area contributed by atoms with Gasteiger partial charge in [-0.1, -0.05) is 54.6 Å². The summed E-state index contributed by atoms with van der Waals surface area (Å²) in [4.78, 5) is 12.4. The molecule has 0 bridgehead atoms. The van der Waals surface area contributed by atoms with Gasteiger partial charge in [0.1, 0.15) is 18.2 Å². The predicted octanol–water partition coefficient (Wildman–Crippen LogP) is 0.798. The number of hydrogen-bond acceptors (Lipinski definition) is 6. The van der Waals surface area contributed by atoms with Crippen LogP contribution in [-0.2, 0) is 31.9 Å². The molecule has 2 aromatic carbocycles. The second kappa shape index (κ2) is 10.2. The molecule has 0 aliphatic carbocycles. The number of nitrogens with two attached hydrogens (primary N) is 1. The summed E-state index contributed by atoms with van der Waals surface area (Å²) in [5.74, 6) is -0.578. The lowest BCUT2D eigenvalue weighted by molar-refractivity contribution is -0.123. The maximum absolute atomic E-state index is 12.4. The van der Waals surface area contributed by atoms with Gasteiger partial charge in [-0.2, -0.15) is 0 Å². The van der Waals surface area contributed by atoms with Crippen LogP contribution in [0, 0.1) is 5.41 Å². The van der Waals surface area contributed by atoms with Crippen molar-refractivity contribution in [2.24, 2.45) is 5.73 Å². The molecule has 4 atom stereocenters. The summed E-state index contributed by atoms with van der Waals surface area (Å²) in [6.45, 7) is 3.89. The van der Waals surface area contributed by atoms with E-state index in [0.29, 0.717) is 17.7 Å². The molecule has 10 heteroatoms. The van der Waals surface area contributed by atoms with E-state index in [0.717, 1.165) is 5.56 Å². The Morgan fingerprint density at radius 2 is 1.75 bits per heavy atom. The van der Waals surface area contributed by atoms with Crippen LogP contribution in [0.5, 0.6) is 0 Å². The molecule has 0 aromatic heterocycles. The van der Waals surface area contributed by atoms with Gasteiger partial charge in [0.05, 0.1) is 17.8 Å². The number of hydrogen-bond donors (Lipinski definition) is 5. The molecule has 0 spiro atoms. The number of ether oxygens (including phenoxy) is 1. The molecule has 3 rings (SSSR count). The van der Waals surface area contributed by atoms with Crippen molar-refractivity contribution >= 4 is 21.8 Å². The van der Waals surface area contributed by atoms with Crippen LogP contribution in [0.3, 0.4) is 0 Å². The van der Waals surface area contributed by atoms with E-state index in [-0.39, 0.29) is 30.0 Å². The molecule has 1 saturated heterocycles. The van der Waals surface area contributed by atoms with Crippen molar-refractivity contribution in [2.75, 3.05) is 0 Å². The third-order valence-corrected chi connectivity index (χ3v) is 6.54. The summed E-state index contributed by atoms with van der Waals surface area (Å²) in [6, 6.07) is 14.9. The first-order valence-electron chi connectivity index (χ1n) is 10.3. The molecule has 6 N–H and O–H groups in total. The summed E-state index contributed by atoms with van der Waals surface area (Å²) in [6.07, 6.45) is -0.411. The van der Waals surface area contributed by atoms with Crippen molar-refractivity contribution in [1.29, 1.82) is 5.41 Å². The standard InChI is InChI=1S/C22H29N5O4S/c1-14(19-22(31-19)25-12-16-8-10-18(11-9-16)20(23)24)26-21(28)15(2)27-32(29,30)13-17-6-4-3-5-7-17/h3-11,14-15,19,22,25,27H,12-13H2,1-2H3,(H3,23,24)(H,26,28). The number of nitrogens with one attached hydrogen (secondary N) is 4. The number of amides is 1. The Hall–Kier alpha value is -2.79. The molecular formula is C22H29N5O4S. The van der Waals surface area contributed by atoms with E-state index < -0.39 is 22.0 Å². The lowest BCUT2D eigenvalue weighted by Gasteiger charge is -2.17. The van der Waals surface area contributed by atoms with E-state index in [1.807, 2.05) is 25.1 Å². The van der Waals surface area contributed by atoms with Gasteiger partial charge in [-0.3, -0.25) is 15.5 Å². The summed E-state index contributed by atoms with van der Waals surface area (Å²) in [7, 11) is -3.65. The second-order valence-corrected chi connectivity index (χ2v) is 9.65. The van der Waals surface area contributed by atoms with E-state index in [2.05, 4.69) is 15.4 Å². The maximum atomic E-state index is 12.4. The van der Waals surface area contributed by atoms with Crippen LogP contribution in [0.15, 0.2) is 54.6 Å². The quantitative estimate of drug-likeness (QED) is 0.191. The van der Waals surface area contributed by atoms with Crippen molar-refractivity contribution in [3.63, 3.8) is 0 Å². The fraction of sp³-hybridized carbons (Fsp3) is 0.364. The van der Waals surface area contributed by atoms with Crippen LogP contribution in [0.2, 0.25) is 0 Å². The maximum Gasteiger partial charge on any atom is 0.238 e. The molecule has 1 fully saturated rings. The number of benzene rings is 2. The Labute approximate surface area is 188 Å². The first-order valence-corrected chi connectivity index (χ1v) is 12.0. The van der Waals surface area contributed by atoms with Crippen LogP contribution < -0.4 is 21.1 Å². The zero-order valence-corrected chi connectivity index (χ0v) is 18.9. The Bertz CT molecular complexity index is 1040. The average Bonchev–Trinajstić information content (AvgIpc) is 3.52. The number of epoxide rings is 1. The molecule has 1 aliphatic rings. The third kappa shape index (κ3) is 6.86. The number of carbonyl (C=O) groups is 1. The highest BCUT2D eigenvalue weighted by Gasteiger charge is 2.43. The van der Waals surface area contributed by atoms with Gasteiger partial charge in [-0.15, -0.1) is 0 Å². The van der Waals surface area contributed by atoms with Crippen LogP contribution in [0.1, 0.15) is 30.5 Å². The summed E-state index contributed by atoms with van der Waals surface area (Å²) in [5, 5.41) is 13.5. The van der Waals surface area contributed by atoms with Crippen LogP contribution >= 0.6 is 0 Å². The topological polar surface area (TPSA) is 150 Å². The minimum absolute atomic E-state index is 0.0243. The fourth-order valence-electron chi connectivity index (χ4n) is 3.28. The number of carbonyl (C=O) groups excluding carboxylic acids is 1. The minimum Gasteiger partial charge on any atom is -0.384 e. The van der Waals surface area contributed by atoms with E-state index in [4.69, 9.17) is 15.9 Å². The number of nitrogen functional groups attached to an aromatic ring is 1. The van der Waals surface area contributed by atoms with Gasteiger partial charge >= 0.3 is 0 Å². The highest BCUT2D eigenvalue weighted by molar-refractivity contribution is 7.88. The van der Waals surface area contributed by atoms with Gasteiger partial charge in [-0.25, -0.2) is 13.1 Å². The lowest BCUT2D eigenvalue weighted by atomic mass is 10.1. The van der Waals surface area contributed by atoms with Crippen LogP contribution in [-0.4, -0.2) is 44.6 Å². The Kier molecular flexibility index (Phi) is 7.62. The third-order valence-electron chi connectivity index (χ3n) is 5.11. The molecule has 2 aromatic rings. The normalized spacial score (nSPS) is 19.7. The van der Waals surface area contributed by atoms with Crippen molar-refractivity contribution in [1.82, 2.24) is 15.4 Å². The molecule has 0 saturated carbocycles. The number of sulfonamides is 1. The number of rotatable bonds is 11. The van der Waals surface area contributed by atoms with Crippen molar-refractivity contribution in [3.05, 3.63) is 71.3 Å². The van der Waals surface area contributed by atoms with Crippen molar-refractivity contribution in [3.8, 4) is 0 Å². The van der Waals surface area contributed by atoms with Crippen molar-refractivity contribution < 1.29 is 17.9 Å². The molecule has 32 heavy (non-hydrogen) atoms. The molecule has 1 aliphatic heterocycles. The van der Waals surface area contributed by atoms with Crippen LogP contribution in [0.25, 0.3) is 0 Å². The van der Waals surface area contributed by atoms with Crippen LogP contribution in [0.4, 0.5) is 0 Å². The molecule has 9 nitrogen and oxygen atoms in total. The van der Waals surface area contributed by atoms with E-state index in [9.17, 15) is 13.2 Å². The monoisotopic (exact) mass is 459 g/mol. The predicted molar refractivity (Wildman–Crippen MR) is 122 cm³/mol. The van der Waals surface area contributed by atoms with E-state index in [1.165, 1.54) is 6.92 Å². The van der Waals surface area contributed by atoms with Gasteiger partial charge in [-0.05, 0) is 25.0 Å². The van der Waals surface area contributed by atoms with Gasteiger partial charge in [0.2, 0.25) is 15.9 Å². The number of amidine groups is 1. The molecule has 0 radical (unpaired) electrons. The van der Waals surface area contributed by atoms with Crippen molar-refractivity contribution in [2.45, 2.75) is 50.6 Å². The molecule has 1 heterocycles.